The molecule has 0 aromatic heterocycles. The third kappa shape index (κ3) is 1.74. The SMILES string of the molecule is C[C@@H]1C(=O)[C@@H](C)C(=N)C(C(=O)CC#N)=C1O. The van der Waals surface area contributed by atoms with Crippen LogP contribution in [0.2, 0.25) is 0 Å². The van der Waals surface area contributed by atoms with Gasteiger partial charge in [0.15, 0.2) is 11.6 Å². The maximum absolute atomic E-state index is 11.6. The second kappa shape index (κ2) is 4.27. The molecule has 16 heavy (non-hydrogen) atoms. The summed E-state index contributed by atoms with van der Waals surface area (Å²) in [7, 11) is 0. The zero-order valence-corrected chi connectivity index (χ0v) is 9.07. The Morgan fingerprint density at radius 3 is 2.56 bits per heavy atom. The second-order valence-electron chi connectivity index (χ2n) is 3.78. The number of carbonyl (C=O) groups excluding carboxylic acids is 2. The van der Waals surface area contributed by atoms with E-state index in [9.17, 15) is 14.7 Å². The summed E-state index contributed by atoms with van der Waals surface area (Å²) < 4.78 is 0. The zero-order chi connectivity index (χ0) is 12.5. The van der Waals surface area contributed by atoms with Crippen molar-refractivity contribution in [3.05, 3.63) is 11.3 Å². The number of carbonyl (C=O) groups is 2. The summed E-state index contributed by atoms with van der Waals surface area (Å²) in [4.78, 5) is 23.1. The Morgan fingerprint density at radius 2 is 2.06 bits per heavy atom. The van der Waals surface area contributed by atoms with Gasteiger partial charge < -0.3 is 10.5 Å². The summed E-state index contributed by atoms with van der Waals surface area (Å²) in [6, 6.07) is 1.67. The van der Waals surface area contributed by atoms with Gasteiger partial charge in [-0.15, -0.1) is 0 Å². The van der Waals surface area contributed by atoms with Crippen LogP contribution in [-0.2, 0) is 9.59 Å². The van der Waals surface area contributed by atoms with Gasteiger partial charge in [-0.25, -0.2) is 0 Å². The van der Waals surface area contributed by atoms with E-state index in [1.807, 2.05) is 0 Å². The fourth-order valence-corrected chi connectivity index (χ4v) is 1.68. The summed E-state index contributed by atoms with van der Waals surface area (Å²) in [6.45, 7) is 3.01. The predicted octanol–water partition coefficient (Wildman–Crippen LogP) is 1.16. The summed E-state index contributed by atoms with van der Waals surface area (Å²) in [5.74, 6) is -2.74. The minimum absolute atomic E-state index is 0.166. The van der Waals surface area contributed by atoms with Crippen molar-refractivity contribution in [2.45, 2.75) is 20.3 Å². The number of nitrogens with one attached hydrogen (secondary N) is 1. The number of hydrogen-bond acceptors (Lipinski definition) is 5. The molecule has 1 rings (SSSR count). The number of allylic oxidation sites excluding steroid dienone is 2. The molecule has 5 nitrogen and oxygen atoms in total. The summed E-state index contributed by atoms with van der Waals surface area (Å²) >= 11 is 0. The standard InChI is InChI=1S/C11H12N2O3/c1-5-9(13)8(7(14)3-4-12)11(16)6(2)10(5)15/h5-6,13,16H,3H2,1-2H3/t5-,6+/m0/s1. The van der Waals surface area contributed by atoms with Gasteiger partial charge in [-0.1, -0.05) is 0 Å². The number of aliphatic hydroxyl groups is 1. The normalized spacial score (nSPS) is 25.6. The number of rotatable bonds is 2. The lowest BCUT2D eigenvalue weighted by atomic mass is 9.78. The fourth-order valence-electron chi connectivity index (χ4n) is 1.68. The average Bonchev–Trinajstić information content (AvgIpc) is 2.24. The highest BCUT2D eigenvalue weighted by atomic mass is 16.3. The van der Waals surface area contributed by atoms with Crippen LogP contribution in [0.15, 0.2) is 11.3 Å². The summed E-state index contributed by atoms with van der Waals surface area (Å²) in [6.07, 6.45) is -0.393. The van der Waals surface area contributed by atoms with Crippen molar-refractivity contribution < 1.29 is 14.7 Å². The molecule has 0 heterocycles. The maximum atomic E-state index is 11.6. The lowest BCUT2D eigenvalue weighted by Gasteiger charge is -2.25. The van der Waals surface area contributed by atoms with Gasteiger partial charge in [-0.3, -0.25) is 9.59 Å². The van der Waals surface area contributed by atoms with Crippen LogP contribution in [-0.4, -0.2) is 22.4 Å². The van der Waals surface area contributed by atoms with E-state index >= 15 is 0 Å². The molecule has 0 spiro atoms. The quantitative estimate of drug-likeness (QED) is 0.728. The van der Waals surface area contributed by atoms with E-state index in [-0.39, 0.29) is 22.8 Å². The predicted molar refractivity (Wildman–Crippen MR) is 56.0 cm³/mol. The van der Waals surface area contributed by atoms with Crippen molar-refractivity contribution in [1.29, 1.82) is 10.7 Å². The molecule has 0 amide bonds. The molecule has 1 aliphatic carbocycles. The van der Waals surface area contributed by atoms with E-state index in [0.29, 0.717) is 0 Å². The highest BCUT2D eigenvalue weighted by Gasteiger charge is 2.38. The van der Waals surface area contributed by atoms with Gasteiger partial charge >= 0.3 is 0 Å². The van der Waals surface area contributed by atoms with E-state index in [1.165, 1.54) is 13.8 Å². The van der Waals surface area contributed by atoms with Gasteiger partial charge in [0.2, 0.25) is 0 Å². The largest absolute Gasteiger partial charge is 0.511 e. The van der Waals surface area contributed by atoms with Crippen LogP contribution in [0, 0.1) is 28.6 Å². The number of nitriles is 1. The molecule has 0 aromatic carbocycles. The molecule has 0 fully saturated rings. The number of aliphatic hydroxyl groups excluding tert-OH is 1. The van der Waals surface area contributed by atoms with Crippen molar-refractivity contribution in [3.63, 3.8) is 0 Å². The van der Waals surface area contributed by atoms with E-state index in [0.717, 1.165) is 0 Å². The molecule has 0 aliphatic heterocycles. The Bertz CT molecular complexity index is 443. The van der Waals surface area contributed by atoms with Crippen molar-refractivity contribution in [1.82, 2.24) is 0 Å². The highest BCUT2D eigenvalue weighted by molar-refractivity contribution is 6.29. The number of hydrogen-bond donors (Lipinski definition) is 2. The second-order valence-corrected chi connectivity index (χ2v) is 3.78. The number of Topliss-reactive ketones (excluding diaryl/α,β-unsaturated/α-hetero) is 2. The van der Waals surface area contributed by atoms with E-state index in [1.54, 1.807) is 6.07 Å². The summed E-state index contributed by atoms with van der Waals surface area (Å²) in [5.41, 5.74) is -0.359. The van der Waals surface area contributed by atoms with Gasteiger partial charge in [0.05, 0.1) is 35.6 Å². The van der Waals surface area contributed by atoms with Crippen LogP contribution in [0.25, 0.3) is 0 Å². The third-order valence-electron chi connectivity index (χ3n) is 2.74. The molecule has 1 aliphatic rings. The minimum atomic E-state index is -0.776. The Labute approximate surface area is 92.9 Å². The van der Waals surface area contributed by atoms with Crippen molar-refractivity contribution in [2.24, 2.45) is 11.8 Å². The highest BCUT2D eigenvalue weighted by Crippen LogP contribution is 2.28. The first-order chi connectivity index (χ1) is 7.41. The zero-order valence-electron chi connectivity index (χ0n) is 9.07. The van der Waals surface area contributed by atoms with Crippen LogP contribution < -0.4 is 0 Å². The third-order valence-corrected chi connectivity index (χ3v) is 2.74. The molecule has 0 unspecified atom stereocenters. The molecule has 2 N–H and O–H groups in total. The lowest BCUT2D eigenvalue weighted by Crippen LogP contribution is -2.37. The van der Waals surface area contributed by atoms with Crippen LogP contribution >= 0.6 is 0 Å². The molecule has 0 saturated carbocycles. The van der Waals surface area contributed by atoms with Crippen LogP contribution in [0.4, 0.5) is 0 Å². The first kappa shape index (κ1) is 12.1. The Kier molecular flexibility index (Phi) is 3.23. The molecular formula is C11H12N2O3. The monoisotopic (exact) mass is 220 g/mol. The van der Waals surface area contributed by atoms with Crippen molar-refractivity contribution in [3.8, 4) is 6.07 Å². The molecule has 84 valence electrons. The lowest BCUT2D eigenvalue weighted by molar-refractivity contribution is -0.124. The topological polar surface area (TPSA) is 102 Å². The number of nitrogens with zero attached hydrogens (tertiary/aromatic N) is 1. The minimum Gasteiger partial charge on any atom is -0.511 e. The van der Waals surface area contributed by atoms with Gasteiger partial charge in [-0.05, 0) is 13.8 Å². The van der Waals surface area contributed by atoms with Crippen molar-refractivity contribution in [2.75, 3.05) is 0 Å². The van der Waals surface area contributed by atoms with Gasteiger partial charge in [0, 0.05) is 0 Å². The van der Waals surface area contributed by atoms with E-state index in [4.69, 9.17) is 10.7 Å². The fraction of sp³-hybridized carbons (Fsp3) is 0.455. The first-order valence-corrected chi connectivity index (χ1v) is 4.87. The van der Waals surface area contributed by atoms with Gasteiger partial charge in [0.1, 0.15) is 5.76 Å². The maximum Gasteiger partial charge on any atom is 0.182 e. The smallest absolute Gasteiger partial charge is 0.182 e. The average molecular weight is 220 g/mol. The van der Waals surface area contributed by atoms with Crippen LogP contribution in [0.1, 0.15) is 20.3 Å². The van der Waals surface area contributed by atoms with Crippen LogP contribution in [0.5, 0.6) is 0 Å². The Morgan fingerprint density at radius 1 is 1.50 bits per heavy atom. The molecule has 2 atom stereocenters. The van der Waals surface area contributed by atoms with E-state index < -0.39 is 24.0 Å². The molecular weight excluding hydrogens is 208 g/mol. The molecule has 5 heteroatoms. The molecule has 0 saturated heterocycles. The number of ketones is 2. The molecule has 0 aromatic rings. The van der Waals surface area contributed by atoms with E-state index in [2.05, 4.69) is 0 Å². The Balaban J connectivity index is 3.24. The molecule has 0 radical (unpaired) electrons. The van der Waals surface area contributed by atoms with Gasteiger partial charge in [-0.2, -0.15) is 5.26 Å². The first-order valence-electron chi connectivity index (χ1n) is 4.87. The molecule has 0 bridgehead atoms. The van der Waals surface area contributed by atoms with Crippen LogP contribution in [0.3, 0.4) is 0 Å². The summed E-state index contributed by atoms with van der Waals surface area (Å²) in [5, 5.41) is 25.7. The van der Waals surface area contributed by atoms with Crippen molar-refractivity contribution >= 4 is 17.3 Å². The Hall–Kier alpha value is -1.96. The van der Waals surface area contributed by atoms with Gasteiger partial charge in [0.25, 0.3) is 0 Å².